The molecule has 3 aliphatic heterocycles. The van der Waals surface area contributed by atoms with Crippen LogP contribution < -0.4 is 10.2 Å². The molecule has 3 fully saturated rings. The van der Waals surface area contributed by atoms with Crippen molar-refractivity contribution in [1.82, 2.24) is 19.4 Å². The third-order valence-electron chi connectivity index (χ3n) is 12.1. The van der Waals surface area contributed by atoms with Crippen LogP contribution in [0.25, 0.3) is 0 Å². The summed E-state index contributed by atoms with van der Waals surface area (Å²) in [6.07, 6.45) is 1.83. The van der Waals surface area contributed by atoms with Crippen molar-refractivity contribution in [3.05, 3.63) is 130 Å². The van der Waals surface area contributed by atoms with Crippen LogP contribution in [0.1, 0.15) is 65.6 Å². The number of benzene rings is 4. The maximum absolute atomic E-state index is 15.2. The number of carbonyl (C=O) groups is 2. The van der Waals surface area contributed by atoms with Crippen molar-refractivity contribution in [2.24, 2.45) is 0 Å². The summed E-state index contributed by atoms with van der Waals surface area (Å²) in [7, 11) is -4.45. The van der Waals surface area contributed by atoms with Crippen LogP contribution in [-0.2, 0) is 22.0 Å². The Balaban J connectivity index is 1.02. The Bertz CT molecular complexity index is 2360. The lowest BCUT2D eigenvalue weighted by Crippen LogP contribution is -2.52. The van der Waals surface area contributed by atoms with E-state index in [4.69, 9.17) is 5.26 Å². The highest BCUT2D eigenvalue weighted by atomic mass is 32.2. The van der Waals surface area contributed by atoms with E-state index < -0.39 is 61.2 Å². The molecule has 0 spiro atoms. The molecular weight excluding hydrogens is 801 g/mol. The van der Waals surface area contributed by atoms with Crippen LogP contribution in [0.2, 0.25) is 0 Å². The molecule has 0 aromatic heterocycles. The molecule has 4 aromatic carbocycles. The van der Waals surface area contributed by atoms with Gasteiger partial charge in [-0.3, -0.25) is 9.69 Å². The Morgan fingerprint density at radius 1 is 0.850 bits per heavy atom. The molecule has 0 aliphatic carbocycles. The van der Waals surface area contributed by atoms with Crippen molar-refractivity contribution in [2.75, 3.05) is 50.7 Å². The Hall–Kier alpha value is -5.34. The number of hydrogen-bond acceptors (Lipinski definition) is 7. The molecule has 7 rings (SSSR count). The number of urea groups is 1. The van der Waals surface area contributed by atoms with E-state index >= 15 is 4.39 Å². The zero-order valence-corrected chi connectivity index (χ0v) is 33.7. The molecule has 1 atom stereocenters. The molecule has 4 aromatic rings. The third kappa shape index (κ3) is 9.34. The van der Waals surface area contributed by atoms with Gasteiger partial charge in [0.1, 0.15) is 28.2 Å². The van der Waals surface area contributed by atoms with E-state index in [1.807, 2.05) is 6.07 Å². The van der Waals surface area contributed by atoms with Crippen LogP contribution in [0.15, 0.2) is 89.8 Å². The van der Waals surface area contributed by atoms with Gasteiger partial charge in [0.05, 0.1) is 23.3 Å². The van der Waals surface area contributed by atoms with E-state index in [-0.39, 0.29) is 51.2 Å². The fraction of sp³-hybridized carbons (Fsp3) is 0.386. The first-order valence-corrected chi connectivity index (χ1v) is 21.5. The molecule has 3 amide bonds. The monoisotopic (exact) mass is 846 g/mol. The zero-order valence-electron chi connectivity index (χ0n) is 32.9. The van der Waals surface area contributed by atoms with E-state index in [9.17, 15) is 36.3 Å². The summed E-state index contributed by atoms with van der Waals surface area (Å²) in [6, 6.07) is 21.7. The van der Waals surface area contributed by atoms with E-state index in [0.29, 0.717) is 69.1 Å². The van der Waals surface area contributed by atoms with Gasteiger partial charge in [-0.25, -0.2) is 30.8 Å². The van der Waals surface area contributed by atoms with Gasteiger partial charge in [-0.1, -0.05) is 30.3 Å². The summed E-state index contributed by atoms with van der Waals surface area (Å²) in [5.41, 5.74) is 1.36. The molecule has 0 radical (unpaired) electrons. The molecule has 0 bridgehead atoms. The van der Waals surface area contributed by atoms with Crippen LogP contribution in [0.4, 0.5) is 28.0 Å². The van der Waals surface area contributed by atoms with Gasteiger partial charge in [0.25, 0.3) is 5.91 Å². The molecule has 3 saturated heterocycles. The lowest BCUT2D eigenvalue weighted by Gasteiger charge is -2.44. The molecule has 0 unspecified atom stereocenters. The van der Waals surface area contributed by atoms with Crippen LogP contribution in [-0.4, -0.2) is 97.5 Å². The van der Waals surface area contributed by atoms with Crippen LogP contribution >= 0.6 is 0 Å². The number of halogens is 4. The van der Waals surface area contributed by atoms with E-state index in [2.05, 4.69) is 16.3 Å². The minimum atomic E-state index is -4.45. The molecular formula is C44H46F4N6O5S. The number of β-amino-alcohol motifs (C(OH)–C–C–N with tert-alkyl or cyclic N) is 1. The number of carbonyl (C=O) groups excluding carboxylic acids is 2. The molecule has 11 nitrogen and oxygen atoms in total. The zero-order chi connectivity index (χ0) is 42.6. The molecule has 0 saturated carbocycles. The molecule has 3 heterocycles. The number of aliphatic hydroxyl groups excluding tert-OH is 1. The van der Waals surface area contributed by atoms with Crippen molar-refractivity contribution in [1.29, 1.82) is 5.26 Å². The Morgan fingerprint density at radius 2 is 1.53 bits per heavy atom. The second kappa shape index (κ2) is 18.1. The molecule has 3 aliphatic rings. The molecule has 60 heavy (non-hydrogen) atoms. The number of amides is 3. The number of likely N-dealkylation sites (tertiary alicyclic amines) is 2. The van der Waals surface area contributed by atoms with Crippen molar-refractivity contribution in [3.8, 4) is 6.07 Å². The number of anilines is 1. The van der Waals surface area contributed by atoms with Crippen molar-refractivity contribution < 1.29 is 40.7 Å². The van der Waals surface area contributed by atoms with Gasteiger partial charge in [0.15, 0.2) is 0 Å². The minimum absolute atomic E-state index is 0.0393. The Morgan fingerprint density at radius 3 is 2.17 bits per heavy atom. The number of nitrogens with zero attached hydrogens (tertiary/aromatic N) is 5. The third-order valence-corrected chi connectivity index (χ3v) is 14.0. The average molecular weight is 847 g/mol. The molecule has 16 heteroatoms. The van der Waals surface area contributed by atoms with Gasteiger partial charge in [-0.15, -0.1) is 0 Å². The van der Waals surface area contributed by atoms with Gasteiger partial charge < -0.3 is 20.2 Å². The number of nitriles is 1. The summed E-state index contributed by atoms with van der Waals surface area (Å²) in [5.74, 6) is -4.19. The lowest BCUT2D eigenvalue weighted by atomic mass is 9.70. The van der Waals surface area contributed by atoms with Crippen molar-refractivity contribution in [2.45, 2.75) is 67.5 Å². The second-order valence-corrected chi connectivity index (χ2v) is 17.7. The van der Waals surface area contributed by atoms with Crippen molar-refractivity contribution >= 4 is 27.6 Å². The summed E-state index contributed by atoms with van der Waals surface area (Å²) >= 11 is 0. The van der Waals surface area contributed by atoms with Crippen LogP contribution in [0.5, 0.6) is 0 Å². The standard InChI is InChI=1S/C44H46F4N6O5S/c45-33-4-1-3-32(23-33)44(15-21-52(22-16-44)42(56)38-25-41(40(48)26-39(38)47)60(58,59)53-19-13-37(55)29-53)14-20-51-17-11-35(12-18-51)54(36-6-2-5-34(46)24-36)43(57)50-28-31-9-7-30(27-49)8-10-31/h1-10,23-26,35,37,55H,11-22,28-29H2,(H,50,57)/t37-/m0/s1. The van der Waals surface area contributed by atoms with Crippen molar-refractivity contribution in [3.63, 3.8) is 0 Å². The first-order chi connectivity index (χ1) is 28.8. The lowest BCUT2D eigenvalue weighted by molar-refractivity contribution is 0.0639. The molecule has 316 valence electrons. The maximum atomic E-state index is 15.2. The highest BCUT2D eigenvalue weighted by Gasteiger charge is 2.40. The first kappa shape index (κ1) is 42.8. The quantitative estimate of drug-likeness (QED) is 0.169. The highest BCUT2D eigenvalue weighted by Crippen LogP contribution is 2.40. The number of nitrogens with one attached hydrogen (secondary N) is 1. The van der Waals surface area contributed by atoms with Crippen LogP contribution in [0, 0.1) is 34.6 Å². The Kier molecular flexibility index (Phi) is 12.9. The number of hydrogen-bond donors (Lipinski definition) is 2. The SMILES string of the molecule is N#Cc1ccc(CNC(=O)N(c2cccc(F)c2)C2CCN(CCC3(c4cccc(F)c4)CCN(C(=O)c4cc(S(=O)(=O)N5CC[C@H](O)C5)c(F)cc4F)CC3)CC2)cc1. The van der Waals surface area contributed by atoms with E-state index in [1.54, 1.807) is 47.4 Å². The Labute approximate surface area is 346 Å². The fourth-order valence-corrected chi connectivity index (χ4v) is 10.2. The summed E-state index contributed by atoms with van der Waals surface area (Å²) in [5, 5.41) is 21.9. The van der Waals surface area contributed by atoms with Crippen LogP contribution in [0.3, 0.4) is 0 Å². The predicted octanol–water partition coefficient (Wildman–Crippen LogP) is 6.31. The maximum Gasteiger partial charge on any atom is 0.322 e. The summed E-state index contributed by atoms with van der Waals surface area (Å²) in [6.45, 7) is 2.09. The van der Waals surface area contributed by atoms with Gasteiger partial charge in [-0.2, -0.15) is 9.57 Å². The van der Waals surface area contributed by atoms with Gasteiger partial charge >= 0.3 is 6.03 Å². The summed E-state index contributed by atoms with van der Waals surface area (Å²) in [4.78, 5) is 31.9. The second-order valence-electron chi connectivity index (χ2n) is 15.8. The predicted molar refractivity (Wildman–Crippen MR) is 215 cm³/mol. The average Bonchev–Trinajstić information content (AvgIpc) is 3.70. The first-order valence-electron chi connectivity index (χ1n) is 20.0. The van der Waals surface area contributed by atoms with E-state index in [1.165, 1.54) is 29.2 Å². The summed E-state index contributed by atoms with van der Waals surface area (Å²) < 4.78 is 86.6. The number of rotatable bonds is 11. The number of sulfonamides is 1. The van der Waals surface area contributed by atoms with Gasteiger partial charge in [0, 0.05) is 63.6 Å². The number of aliphatic hydroxyl groups is 1. The topological polar surface area (TPSA) is 137 Å². The fourth-order valence-electron chi connectivity index (χ4n) is 8.62. The minimum Gasteiger partial charge on any atom is -0.392 e. The normalized spacial score (nSPS) is 18.9. The highest BCUT2D eigenvalue weighted by molar-refractivity contribution is 7.89. The number of piperidine rings is 2. The largest absolute Gasteiger partial charge is 0.392 e. The smallest absolute Gasteiger partial charge is 0.322 e. The van der Waals surface area contributed by atoms with Gasteiger partial charge in [0.2, 0.25) is 10.0 Å². The van der Waals surface area contributed by atoms with Gasteiger partial charge in [-0.05, 0) is 110 Å². The van der Waals surface area contributed by atoms with E-state index in [0.717, 1.165) is 21.5 Å². The molecule has 2 N–H and O–H groups in total.